The van der Waals surface area contributed by atoms with Crippen LogP contribution in [-0.4, -0.2) is 71.3 Å². The third-order valence-electron chi connectivity index (χ3n) is 8.65. The molecule has 5 rings (SSSR count). The molecular weight excluding hydrogens is 600 g/mol. The van der Waals surface area contributed by atoms with Crippen molar-refractivity contribution in [2.75, 3.05) is 26.0 Å². The van der Waals surface area contributed by atoms with E-state index in [1.807, 2.05) is 26.8 Å². The van der Waals surface area contributed by atoms with Crippen molar-refractivity contribution in [3.8, 4) is 5.75 Å². The molecule has 47 heavy (non-hydrogen) atoms. The predicted octanol–water partition coefficient (Wildman–Crippen LogP) is 4.04. The molecule has 0 saturated carbocycles. The highest BCUT2D eigenvalue weighted by Crippen LogP contribution is 2.32. The molecule has 12 nitrogen and oxygen atoms in total. The van der Waals surface area contributed by atoms with Gasteiger partial charge in [0, 0.05) is 47.8 Å². The first-order valence-corrected chi connectivity index (χ1v) is 15.7. The fraction of sp³-hybridized carbons (Fsp3) is 0.429. The number of ether oxygens (including phenoxy) is 1. The Balaban J connectivity index is 1.42. The summed E-state index contributed by atoms with van der Waals surface area (Å²) in [7, 11) is 3.22. The quantitative estimate of drug-likeness (QED) is 0.231. The SMILES string of the molecule is CN[C@@H](C)C(=O)N[C@H](C(=O)N1CCC[C@H]1C(=O)Cc1cc2c(Nc3ccc4c(=O)cc(C)oc4c3)ncnc2cc1OC)C(C)(C)C. The monoisotopic (exact) mass is 642 g/mol. The lowest BCUT2D eigenvalue weighted by Gasteiger charge is -2.36. The number of carbonyl (C=O) groups excluding carboxylic acids is 3. The summed E-state index contributed by atoms with van der Waals surface area (Å²) in [5.41, 5.74) is 1.66. The number of fused-ring (bicyclic) bond motifs is 2. The minimum atomic E-state index is -0.799. The number of aryl methyl sites for hydroxylation is 1. The van der Waals surface area contributed by atoms with E-state index in [0.717, 1.165) is 0 Å². The molecule has 3 atom stereocenters. The summed E-state index contributed by atoms with van der Waals surface area (Å²) in [6.45, 7) is 9.58. The number of likely N-dealkylation sites (tertiary alicyclic amines) is 1. The van der Waals surface area contributed by atoms with Gasteiger partial charge in [-0.1, -0.05) is 20.8 Å². The van der Waals surface area contributed by atoms with E-state index in [2.05, 4.69) is 25.9 Å². The van der Waals surface area contributed by atoms with Crippen LogP contribution in [0.25, 0.3) is 21.9 Å². The number of nitrogens with one attached hydrogen (secondary N) is 3. The van der Waals surface area contributed by atoms with Gasteiger partial charge < -0.3 is 30.0 Å². The molecule has 0 aliphatic carbocycles. The highest BCUT2D eigenvalue weighted by atomic mass is 16.5. The largest absolute Gasteiger partial charge is 0.496 e. The molecule has 248 valence electrons. The molecule has 0 radical (unpaired) electrons. The molecule has 12 heteroatoms. The fourth-order valence-corrected chi connectivity index (χ4v) is 5.93. The Morgan fingerprint density at radius 1 is 1.11 bits per heavy atom. The first-order chi connectivity index (χ1) is 22.3. The van der Waals surface area contributed by atoms with Crippen LogP contribution in [0.2, 0.25) is 0 Å². The van der Waals surface area contributed by atoms with Gasteiger partial charge in [0.2, 0.25) is 11.8 Å². The average molecular weight is 643 g/mol. The Hall–Kier alpha value is -4.84. The van der Waals surface area contributed by atoms with Gasteiger partial charge in [0.1, 0.15) is 35.3 Å². The molecule has 2 aromatic heterocycles. The van der Waals surface area contributed by atoms with Crippen LogP contribution in [0.15, 0.2) is 51.9 Å². The zero-order valence-corrected chi connectivity index (χ0v) is 27.9. The van der Waals surface area contributed by atoms with Gasteiger partial charge in [-0.25, -0.2) is 9.97 Å². The van der Waals surface area contributed by atoms with Gasteiger partial charge in [0.25, 0.3) is 0 Å². The lowest BCUT2D eigenvalue weighted by molar-refractivity contribution is -0.143. The molecule has 1 saturated heterocycles. The summed E-state index contributed by atoms with van der Waals surface area (Å²) >= 11 is 0. The van der Waals surface area contributed by atoms with Gasteiger partial charge in [0.15, 0.2) is 11.2 Å². The Bertz CT molecular complexity index is 1900. The van der Waals surface area contributed by atoms with Gasteiger partial charge in [-0.15, -0.1) is 0 Å². The van der Waals surface area contributed by atoms with Crippen LogP contribution >= 0.6 is 0 Å². The fourth-order valence-electron chi connectivity index (χ4n) is 5.93. The van der Waals surface area contributed by atoms with Crippen LogP contribution < -0.4 is 26.1 Å². The predicted molar refractivity (Wildman–Crippen MR) is 180 cm³/mol. The molecule has 1 aliphatic rings. The maximum Gasteiger partial charge on any atom is 0.246 e. The second-order valence-electron chi connectivity index (χ2n) is 13.1. The van der Waals surface area contributed by atoms with E-state index in [-0.39, 0.29) is 29.4 Å². The van der Waals surface area contributed by atoms with Gasteiger partial charge in [0.05, 0.1) is 30.1 Å². The van der Waals surface area contributed by atoms with Crippen molar-refractivity contribution in [2.45, 2.75) is 72.0 Å². The van der Waals surface area contributed by atoms with Gasteiger partial charge >= 0.3 is 0 Å². The van der Waals surface area contributed by atoms with Crippen LogP contribution in [0.1, 0.15) is 51.9 Å². The van der Waals surface area contributed by atoms with Crippen molar-refractivity contribution >= 4 is 51.0 Å². The number of hydrogen-bond acceptors (Lipinski definition) is 10. The minimum Gasteiger partial charge on any atom is -0.496 e. The van der Waals surface area contributed by atoms with E-state index < -0.39 is 23.5 Å². The van der Waals surface area contributed by atoms with E-state index in [1.165, 1.54) is 19.5 Å². The summed E-state index contributed by atoms with van der Waals surface area (Å²) < 4.78 is 11.4. The van der Waals surface area contributed by atoms with Crippen molar-refractivity contribution < 1.29 is 23.5 Å². The summed E-state index contributed by atoms with van der Waals surface area (Å²) in [6.07, 6.45) is 2.67. The highest BCUT2D eigenvalue weighted by Gasteiger charge is 2.42. The van der Waals surface area contributed by atoms with E-state index in [9.17, 15) is 19.2 Å². The number of amides is 2. The van der Waals surface area contributed by atoms with Gasteiger partial charge in [-0.05, 0) is 57.4 Å². The maximum atomic E-state index is 13.9. The van der Waals surface area contributed by atoms with E-state index in [0.29, 0.717) is 69.8 Å². The third kappa shape index (κ3) is 7.12. The first kappa shape index (κ1) is 33.5. The topological polar surface area (TPSA) is 156 Å². The van der Waals surface area contributed by atoms with Crippen LogP contribution in [-0.2, 0) is 20.8 Å². The van der Waals surface area contributed by atoms with E-state index >= 15 is 0 Å². The number of nitrogens with zero attached hydrogens (tertiary/aromatic N) is 3. The standard InChI is InChI=1S/C35H42N6O6/c1-19-13-27(42)23-11-10-22(16-30(23)47-19)39-32-24-14-21(29(46-7)17-25(24)37-18-38-32)15-28(43)26-9-8-12-41(26)34(45)31(35(3,4)5)40-33(44)20(2)36-6/h10-11,13-14,16-18,20,26,31,36H,8-9,12,15H2,1-7H3,(H,40,44)(H,37,38,39)/t20-,26-,31+/m0/s1. The molecule has 2 amide bonds. The van der Waals surface area contributed by atoms with Gasteiger partial charge in [-0.2, -0.15) is 0 Å². The Morgan fingerprint density at radius 2 is 1.87 bits per heavy atom. The smallest absolute Gasteiger partial charge is 0.246 e. The summed E-state index contributed by atoms with van der Waals surface area (Å²) in [5, 5.41) is 10.2. The second-order valence-corrected chi connectivity index (χ2v) is 13.1. The molecular formula is C35H42N6O6. The Labute approximate surface area is 273 Å². The zero-order valence-electron chi connectivity index (χ0n) is 27.9. The molecule has 0 bridgehead atoms. The van der Waals surface area contributed by atoms with Crippen LogP contribution in [0, 0.1) is 12.3 Å². The zero-order chi connectivity index (χ0) is 34.0. The lowest BCUT2D eigenvalue weighted by Crippen LogP contribution is -2.58. The number of carbonyl (C=O) groups is 3. The maximum absolute atomic E-state index is 13.9. The number of ketones is 1. The highest BCUT2D eigenvalue weighted by molar-refractivity contribution is 5.97. The van der Waals surface area contributed by atoms with Crippen LogP contribution in [0.4, 0.5) is 11.5 Å². The number of aromatic nitrogens is 2. The number of hydrogen-bond donors (Lipinski definition) is 3. The summed E-state index contributed by atoms with van der Waals surface area (Å²) in [5.74, 6) is 0.837. The number of benzene rings is 2. The van der Waals surface area contributed by atoms with Crippen LogP contribution in [0.5, 0.6) is 5.75 Å². The summed E-state index contributed by atoms with van der Waals surface area (Å²) in [4.78, 5) is 63.4. The number of anilines is 2. The molecule has 2 aromatic carbocycles. The van der Waals surface area contributed by atoms with Crippen molar-refractivity contribution in [2.24, 2.45) is 5.41 Å². The summed E-state index contributed by atoms with van der Waals surface area (Å²) in [6, 6.07) is 8.36. The molecule has 3 N–H and O–H groups in total. The minimum absolute atomic E-state index is 0.0195. The van der Waals surface area contributed by atoms with E-state index in [1.54, 1.807) is 50.1 Å². The van der Waals surface area contributed by atoms with Crippen molar-refractivity contribution in [3.63, 3.8) is 0 Å². The molecule has 1 fully saturated rings. The third-order valence-corrected chi connectivity index (χ3v) is 8.65. The number of rotatable bonds is 10. The Kier molecular flexibility index (Phi) is 9.62. The van der Waals surface area contributed by atoms with Crippen molar-refractivity contribution in [3.05, 3.63) is 64.3 Å². The van der Waals surface area contributed by atoms with Crippen molar-refractivity contribution in [1.29, 1.82) is 0 Å². The first-order valence-electron chi connectivity index (χ1n) is 15.7. The number of methoxy groups -OCH3 is 1. The van der Waals surface area contributed by atoms with E-state index in [4.69, 9.17) is 9.15 Å². The lowest BCUT2D eigenvalue weighted by atomic mass is 9.85. The molecule has 0 spiro atoms. The second kappa shape index (κ2) is 13.5. The average Bonchev–Trinajstić information content (AvgIpc) is 3.52. The normalized spacial score (nSPS) is 16.2. The van der Waals surface area contributed by atoms with Crippen molar-refractivity contribution in [1.82, 2.24) is 25.5 Å². The van der Waals surface area contributed by atoms with Gasteiger partial charge in [-0.3, -0.25) is 19.2 Å². The van der Waals surface area contributed by atoms with Crippen LogP contribution in [0.3, 0.4) is 0 Å². The molecule has 0 unspecified atom stereocenters. The molecule has 3 heterocycles. The molecule has 4 aromatic rings. The number of Topliss-reactive ketones (excluding diaryl/α,β-unsaturated/α-hetero) is 1. The molecule has 1 aliphatic heterocycles. The Morgan fingerprint density at radius 3 is 2.57 bits per heavy atom. The number of likely N-dealkylation sites (N-methyl/N-ethyl adjacent to an activating group) is 1.